The number of aromatic nitrogens is 2. The number of carbonyl (C=O) groups excluding carboxylic acids is 1. The smallest absolute Gasteiger partial charge is 0.320 e. The minimum Gasteiger partial charge on any atom is -0.507 e. The molecule has 2 aliphatic rings. The van der Waals surface area contributed by atoms with Crippen molar-refractivity contribution >= 4 is 5.97 Å². The number of para-hydroxylation sites is 1. The molecule has 0 amide bonds. The maximum absolute atomic E-state index is 12.1. The van der Waals surface area contributed by atoms with Gasteiger partial charge in [0.25, 0.3) is 0 Å². The van der Waals surface area contributed by atoms with Gasteiger partial charge in [-0.25, -0.2) is 0 Å². The fourth-order valence-corrected chi connectivity index (χ4v) is 4.41. The van der Waals surface area contributed by atoms with Crippen molar-refractivity contribution in [2.24, 2.45) is 0 Å². The monoisotopic (exact) mass is 462 g/mol. The van der Waals surface area contributed by atoms with Crippen molar-refractivity contribution in [1.29, 1.82) is 0 Å². The summed E-state index contributed by atoms with van der Waals surface area (Å²) in [7, 11) is 0. The summed E-state index contributed by atoms with van der Waals surface area (Å²) in [4.78, 5) is 14.2. The molecule has 1 aromatic carbocycles. The lowest BCUT2D eigenvalue weighted by Crippen LogP contribution is -2.44. The highest BCUT2D eigenvalue weighted by Gasteiger charge is 2.24. The van der Waals surface area contributed by atoms with E-state index in [0.29, 0.717) is 23.8 Å². The van der Waals surface area contributed by atoms with Gasteiger partial charge in [0.15, 0.2) is 0 Å². The summed E-state index contributed by atoms with van der Waals surface area (Å²) in [6.07, 6.45) is 11.2. The number of allylic oxidation sites excluding steroid dienone is 3. The molecule has 7 nitrogen and oxygen atoms in total. The molecule has 34 heavy (non-hydrogen) atoms. The van der Waals surface area contributed by atoms with Crippen molar-refractivity contribution < 1.29 is 14.6 Å². The molecule has 1 aromatic heterocycles. The van der Waals surface area contributed by atoms with Crippen molar-refractivity contribution in [3.63, 3.8) is 0 Å². The van der Waals surface area contributed by atoms with Crippen molar-refractivity contribution in [2.75, 3.05) is 19.6 Å². The summed E-state index contributed by atoms with van der Waals surface area (Å²) in [6, 6.07) is 9.59. The highest BCUT2D eigenvalue weighted by Crippen LogP contribution is 2.31. The van der Waals surface area contributed by atoms with Gasteiger partial charge < -0.3 is 15.2 Å². The van der Waals surface area contributed by atoms with Crippen molar-refractivity contribution in [2.45, 2.75) is 57.6 Å². The van der Waals surface area contributed by atoms with Crippen LogP contribution in [0.5, 0.6) is 5.75 Å². The van der Waals surface area contributed by atoms with E-state index in [0.717, 1.165) is 43.6 Å². The van der Waals surface area contributed by atoms with Gasteiger partial charge in [-0.3, -0.25) is 9.69 Å². The molecular formula is C27H34N4O3. The van der Waals surface area contributed by atoms with Crippen molar-refractivity contribution in [3.8, 4) is 17.0 Å². The molecule has 2 aromatic rings. The number of nitrogens with zero attached hydrogens (tertiary/aromatic N) is 3. The van der Waals surface area contributed by atoms with Gasteiger partial charge in [0, 0.05) is 36.3 Å². The van der Waals surface area contributed by atoms with Crippen molar-refractivity contribution in [3.05, 3.63) is 66.0 Å². The number of hydrogen-bond acceptors (Lipinski definition) is 7. The van der Waals surface area contributed by atoms with E-state index in [4.69, 9.17) is 4.74 Å². The number of benzene rings is 1. The molecule has 1 aliphatic heterocycles. The van der Waals surface area contributed by atoms with Crippen LogP contribution in [0, 0.1) is 0 Å². The van der Waals surface area contributed by atoms with Crippen LogP contribution in [0.2, 0.25) is 0 Å². The van der Waals surface area contributed by atoms with Crippen LogP contribution in [-0.2, 0) is 9.53 Å². The van der Waals surface area contributed by atoms with Gasteiger partial charge in [-0.15, -0.1) is 0 Å². The van der Waals surface area contributed by atoms with Crippen molar-refractivity contribution in [1.82, 2.24) is 20.4 Å². The van der Waals surface area contributed by atoms with Crippen LogP contribution in [-0.4, -0.2) is 57.5 Å². The first kappa shape index (κ1) is 24.0. The van der Waals surface area contributed by atoms with Crippen LogP contribution >= 0.6 is 0 Å². The van der Waals surface area contributed by atoms with Gasteiger partial charge in [-0.05, 0) is 69.9 Å². The lowest BCUT2D eigenvalue weighted by molar-refractivity contribution is -0.156. The third kappa shape index (κ3) is 6.44. The molecule has 0 radical (unpaired) electrons. The van der Waals surface area contributed by atoms with Crippen LogP contribution in [0.15, 0.2) is 60.5 Å². The SMILES string of the molecule is CC(C)(C)OC(=O)CN1CCC(NC2=CCC(c3cnnc(-c4ccccc4O)c3)C=C2)CC1. The first-order valence-electron chi connectivity index (χ1n) is 12.0. The number of phenolic OH excluding ortho intramolecular Hbond substituents is 1. The Balaban J connectivity index is 1.27. The molecule has 1 unspecified atom stereocenters. The quantitative estimate of drug-likeness (QED) is 0.623. The number of carbonyl (C=O) groups is 1. The van der Waals surface area contributed by atoms with E-state index >= 15 is 0 Å². The molecule has 2 heterocycles. The van der Waals surface area contributed by atoms with E-state index in [9.17, 15) is 9.90 Å². The zero-order chi connectivity index (χ0) is 24.1. The Hall–Kier alpha value is -3.19. The fourth-order valence-electron chi connectivity index (χ4n) is 4.41. The van der Waals surface area contributed by atoms with Crippen LogP contribution in [0.4, 0.5) is 0 Å². The summed E-state index contributed by atoms with van der Waals surface area (Å²) >= 11 is 0. The lowest BCUT2D eigenvalue weighted by Gasteiger charge is -2.33. The van der Waals surface area contributed by atoms with Gasteiger partial charge in [-0.2, -0.15) is 10.2 Å². The molecule has 1 atom stereocenters. The molecule has 0 saturated carbocycles. The molecule has 0 spiro atoms. The number of rotatable bonds is 6. The molecule has 1 aliphatic carbocycles. The minimum absolute atomic E-state index is 0.154. The van der Waals surface area contributed by atoms with E-state index in [1.165, 1.54) is 0 Å². The number of esters is 1. The van der Waals surface area contributed by atoms with Gasteiger partial charge >= 0.3 is 5.97 Å². The third-order valence-corrected chi connectivity index (χ3v) is 6.11. The van der Waals surface area contributed by atoms with Gasteiger partial charge in [0.1, 0.15) is 11.4 Å². The Morgan fingerprint density at radius 2 is 2.00 bits per heavy atom. The summed E-state index contributed by atoms with van der Waals surface area (Å²) in [5.41, 5.74) is 3.15. The van der Waals surface area contributed by atoms with Crippen LogP contribution < -0.4 is 5.32 Å². The average Bonchev–Trinajstić information content (AvgIpc) is 2.80. The van der Waals surface area contributed by atoms with E-state index in [2.05, 4.69) is 38.6 Å². The van der Waals surface area contributed by atoms with E-state index in [1.807, 2.05) is 39.0 Å². The summed E-state index contributed by atoms with van der Waals surface area (Å²) < 4.78 is 5.44. The highest BCUT2D eigenvalue weighted by atomic mass is 16.6. The van der Waals surface area contributed by atoms with E-state index in [-0.39, 0.29) is 17.6 Å². The normalized spacial score (nSPS) is 19.5. The summed E-state index contributed by atoms with van der Waals surface area (Å²) in [5.74, 6) is 0.275. The van der Waals surface area contributed by atoms with Crippen LogP contribution in [0.25, 0.3) is 11.3 Å². The standard InChI is InChI=1S/C27H34N4O3/c1-27(2,3)34-26(33)18-31-14-12-22(13-15-31)29-21-10-8-19(9-11-21)20-16-24(30-28-17-20)23-6-4-5-7-25(23)32/h4-8,10-11,16-17,19,22,29,32H,9,12-15,18H2,1-3H3. The second kappa shape index (κ2) is 10.4. The Morgan fingerprint density at radius 3 is 2.68 bits per heavy atom. The average molecular weight is 463 g/mol. The number of likely N-dealkylation sites (tertiary alicyclic amines) is 1. The Labute approximate surface area is 201 Å². The molecule has 2 N–H and O–H groups in total. The lowest BCUT2D eigenvalue weighted by atomic mass is 9.91. The zero-order valence-corrected chi connectivity index (χ0v) is 20.2. The maximum atomic E-state index is 12.1. The van der Waals surface area contributed by atoms with Gasteiger partial charge in [0.05, 0.1) is 18.4 Å². The number of phenols is 1. The molecule has 1 fully saturated rings. The molecule has 7 heteroatoms. The molecule has 4 rings (SSSR count). The molecule has 180 valence electrons. The summed E-state index contributed by atoms with van der Waals surface area (Å²) in [5, 5.41) is 22.2. The predicted octanol–water partition coefficient (Wildman–Crippen LogP) is 4.17. The number of nitrogens with one attached hydrogen (secondary N) is 1. The van der Waals surface area contributed by atoms with E-state index in [1.54, 1.807) is 18.3 Å². The van der Waals surface area contributed by atoms with E-state index < -0.39 is 5.60 Å². The third-order valence-electron chi connectivity index (χ3n) is 6.11. The first-order valence-corrected chi connectivity index (χ1v) is 12.0. The number of aromatic hydroxyl groups is 1. The Morgan fingerprint density at radius 1 is 1.24 bits per heavy atom. The first-order chi connectivity index (χ1) is 16.3. The highest BCUT2D eigenvalue weighted by molar-refractivity contribution is 5.72. The zero-order valence-electron chi connectivity index (χ0n) is 20.2. The minimum atomic E-state index is -0.439. The second-order valence-electron chi connectivity index (χ2n) is 10.0. The maximum Gasteiger partial charge on any atom is 0.320 e. The largest absolute Gasteiger partial charge is 0.507 e. The summed E-state index contributed by atoms with van der Waals surface area (Å²) in [6.45, 7) is 7.82. The molecule has 1 saturated heterocycles. The Kier molecular flexibility index (Phi) is 7.32. The molecule has 0 bridgehead atoms. The fraction of sp³-hybridized carbons (Fsp3) is 0.444. The van der Waals surface area contributed by atoms with Crippen LogP contribution in [0.1, 0.15) is 51.5 Å². The topological polar surface area (TPSA) is 87.6 Å². The predicted molar refractivity (Wildman–Crippen MR) is 132 cm³/mol. The number of ether oxygens (including phenoxy) is 1. The second-order valence-corrected chi connectivity index (χ2v) is 10.0. The van der Waals surface area contributed by atoms with Gasteiger partial charge in [0.2, 0.25) is 0 Å². The molecular weight excluding hydrogens is 428 g/mol. The number of piperidine rings is 1. The number of hydrogen-bond donors (Lipinski definition) is 2. The Bertz CT molecular complexity index is 1070. The van der Waals surface area contributed by atoms with Gasteiger partial charge in [-0.1, -0.05) is 24.3 Å². The van der Waals surface area contributed by atoms with Crippen LogP contribution in [0.3, 0.4) is 0 Å².